The predicted molar refractivity (Wildman–Crippen MR) is 99.8 cm³/mol. The second-order valence-corrected chi connectivity index (χ2v) is 8.00. The lowest BCUT2D eigenvalue weighted by atomic mass is 10.0. The highest BCUT2D eigenvalue weighted by molar-refractivity contribution is 8.14. The summed E-state index contributed by atoms with van der Waals surface area (Å²) in [6, 6.07) is 7.97. The molecule has 0 bridgehead atoms. The summed E-state index contributed by atoms with van der Waals surface area (Å²) in [5.41, 5.74) is 2.34. The molecule has 7 heteroatoms. The number of benzene rings is 1. The van der Waals surface area contributed by atoms with E-state index in [2.05, 4.69) is 9.44 Å². The van der Waals surface area contributed by atoms with Gasteiger partial charge in [-0.2, -0.15) is 8.42 Å². The second-order valence-electron chi connectivity index (χ2n) is 5.28. The van der Waals surface area contributed by atoms with Crippen molar-refractivity contribution in [1.82, 2.24) is 0 Å². The van der Waals surface area contributed by atoms with Crippen LogP contribution >= 0.6 is 11.8 Å². The van der Waals surface area contributed by atoms with Gasteiger partial charge in [0.05, 0.1) is 5.75 Å². The van der Waals surface area contributed by atoms with Gasteiger partial charge in [0.2, 0.25) is 0 Å². The summed E-state index contributed by atoms with van der Waals surface area (Å²) in [5, 5.41) is 4.13. The summed E-state index contributed by atoms with van der Waals surface area (Å²) < 4.78 is 26.5. The average molecular weight is 370 g/mol. The molecule has 0 saturated heterocycles. The van der Waals surface area contributed by atoms with E-state index in [1.54, 1.807) is 19.9 Å². The molecular formula is C17H23NO4S2. The SMILES string of the molecule is CC(=O)Cc1ccccc1C.CCCS(=O)(=O)ON=C1C=CCS1. The van der Waals surface area contributed by atoms with Crippen LogP contribution in [0.25, 0.3) is 0 Å². The second kappa shape index (κ2) is 10.3. The van der Waals surface area contributed by atoms with Crippen LogP contribution in [0.15, 0.2) is 41.6 Å². The average Bonchev–Trinajstić information content (AvgIpc) is 3.01. The van der Waals surface area contributed by atoms with Crippen LogP contribution in [0.5, 0.6) is 0 Å². The summed E-state index contributed by atoms with van der Waals surface area (Å²) in [5.74, 6) is 1.06. The first-order chi connectivity index (χ1) is 11.3. The highest BCUT2D eigenvalue weighted by Crippen LogP contribution is 2.14. The van der Waals surface area contributed by atoms with E-state index in [0.717, 1.165) is 11.3 Å². The van der Waals surface area contributed by atoms with Crippen LogP contribution in [0, 0.1) is 6.92 Å². The molecule has 0 unspecified atom stereocenters. The van der Waals surface area contributed by atoms with Crippen molar-refractivity contribution in [2.75, 3.05) is 11.5 Å². The summed E-state index contributed by atoms with van der Waals surface area (Å²) in [6.07, 6.45) is 4.74. The topological polar surface area (TPSA) is 72.8 Å². The summed E-state index contributed by atoms with van der Waals surface area (Å²) in [7, 11) is -3.45. The number of aryl methyl sites for hydroxylation is 1. The lowest BCUT2D eigenvalue weighted by molar-refractivity contribution is -0.116. The Labute approximate surface area is 148 Å². The third-order valence-corrected chi connectivity index (χ3v) is 5.06. The van der Waals surface area contributed by atoms with Crippen LogP contribution in [0.4, 0.5) is 0 Å². The molecule has 1 aliphatic rings. The number of rotatable bonds is 6. The van der Waals surface area contributed by atoms with Crippen LogP contribution in [0.3, 0.4) is 0 Å². The molecule has 0 saturated carbocycles. The van der Waals surface area contributed by atoms with E-state index in [1.807, 2.05) is 37.3 Å². The van der Waals surface area contributed by atoms with Crippen LogP contribution in [0.1, 0.15) is 31.4 Å². The minimum Gasteiger partial charge on any atom is -0.300 e. The van der Waals surface area contributed by atoms with Crippen LogP contribution in [-0.4, -0.2) is 30.8 Å². The number of hydrogen-bond donors (Lipinski definition) is 0. The zero-order valence-corrected chi connectivity index (χ0v) is 15.8. The van der Waals surface area contributed by atoms with Gasteiger partial charge in [-0.05, 0) is 37.5 Å². The van der Waals surface area contributed by atoms with Crippen molar-refractivity contribution in [2.24, 2.45) is 5.16 Å². The fourth-order valence-electron chi connectivity index (χ4n) is 1.84. The van der Waals surface area contributed by atoms with Crippen molar-refractivity contribution in [3.05, 3.63) is 47.5 Å². The number of carbonyl (C=O) groups excluding carboxylic acids is 1. The summed E-state index contributed by atoms with van der Waals surface area (Å²) in [4.78, 5) is 10.8. The van der Waals surface area contributed by atoms with E-state index >= 15 is 0 Å². The first-order valence-electron chi connectivity index (χ1n) is 7.66. The number of thioether (sulfide) groups is 1. The molecular weight excluding hydrogens is 346 g/mol. The molecule has 1 heterocycles. The van der Waals surface area contributed by atoms with E-state index in [0.29, 0.717) is 17.9 Å². The van der Waals surface area contributed by atoms with Gasteiger partial charge < -0.3 is 0 Å². The van der Waals surface area contributed by atoms with Crippen molar-refractivity contribution in [2.45, 2.75) is 33.6 Å². The van der Waals surface area contributed by atoms with Crippen molar-refractivity contribution in [3.63, 3.8) is 0 Å². The molecule has 0 N–H and O–H groups in total. The lowest BCUT2D eigenvalue weighted by Crippen LogP contribution is -2.06. The quantitative estimate of drug-likeness (QED) is 0.718. The van der Waals surface area contributed by atoms with E-state index in [-0.39, 0.29) is 11.5 Å². The molecule has 1 aliphatic heterocycles. The maximum Gasteiger partial charge on any atom is 0.328 e. The number of hydrogen-bond acceptors (Lipinski definition) is 6. The van der Waals surface area contributed by atoms with Gasteiger partial charge >= 0.3 is 10.1 Å². The molecule has 0 amide bonds. The van der Waals surface area contributed by atoms with Gasteiger partial charge in [0.15, 0.2) is 0 Å². The van der Waals surface area contributed by atoms with Crippen molar-refractivity contribution >= 4 is 32.7 Å². The Bertz CT molecular complexity index is 709. The van der Waals surface area contributed by atoms with Gasteiger partial charge in [-0.25, -0.2) is 0 Å². The van der Waals surface area contributed by atoms with E-state index in [9.17, 15) is 13.2 Å². The van der Waals surface area contributed by atoms with Crippen molar-refractivity contribution < 1.29 is 17.5 Å². The zero-order chi connectivity index (χ0) is 18.0. The Balaban J connectivity index is 0.000000243. The van der Waals surface area contributed by atoms with Gasteiger partial charge in [0, 0.05) is 12.2 Å². The zero-order valence-electron chi connectivity index (χ0n) is 14.2. The van der Waals surface area contributed by atoms with Crippen LogP contribution in [0.2, 0.25) is 0 Å². The maximum absolute atomic E-state index is 11.0. The van der Waals surface area contributed by atoms with E-state index in [4.69, 9.17) is 0 Å². The third-order valence-electron chi connectivity index (χ3n) is 2.98. The minimum absolute atomic E-state index is 0.0121. The van der Waals surface area contributed by atoms with Gasteiger partial charge in [-0.15, -0.1) is 0 Å². The van der Waals surface area contributed by atoms with Crippen molar-refractivity contribution in [1.29, 1.82) is 0 Å². The maximum atomic E-state index is 11.0. The molecule has 132 valence electrons. The predicted octanol–water partition coefficient (Wildman–Crippen LogP) is 3.49. The monoisotopic (exact) mass is 369 g/mol. The van der Waals surface area contributed by atoms with Gasteiger partial charge in [0.25, 0.3) is 0 Å². The van der Waals surface area contributed by atoms with E-state index < -0.39 is 10.1 Å². The fraction of sp³-hybridized carbons (Fsp3) is 0.412. The molecule has 0 aliphatic carbocycles. The summed E-state index contributed by atoms with van der Waals surface area (Å²) >= 11 is 1.45. The molecule has 0 radical (unpaired) electrons. The molecule has 1 aromatic carbocycles. The van der Waals surface area contributed by atoms with Crippen LogP contribution in [-0.2, 0) is 25.6 Å². The van der Waals surface area contributed by atoms with Crippen LogP contribution < -0.4 is 0 Å². The number of nitrogens with zero attached hydrogens (tertiary/aromatic N) is 1. The van der Waals surface area contributed by atoms with Gasteiger partial charge in [0.1, 0.15) is 10.8 Å². The first kappa shape index (κ1) is 20.4. The number of oxime groups is 1. The highest BCUT2D eigenvalue weighted by atomic mass is 32.2. The smallest absolute Gasteiger partial charge is 0.300 e. The Morgan fingerprint density at radius 1 is 1.33 bits per heavy atom. The molecule has 0 spiro atoms. The molecule has 2 rings (SSSR count). The molecule has 0 aromatic heterocycles. The Morgan fingerprint density at radius 2 is 2.04 bits per heavy atom. The van der Waals surface area contributed by atoms with Crippen molar-refractivity contribution in [3.8, 4) is 0 Å². The Hall–Kier alpha value is -1.60. The number of ketones is 1. The highest BCUT2D eigenvalue weighted by Gasteiger charge is 2.10. The molecule has 0 fully saturated rings. The summed E-state index contributed by atoms with van der Waals surface area (Å²) in [6.45, 7) is 5.42. The molecule has 0 atom stereocenters. The Morgan fingerprint density at radius 3 is 2.58 bits per heavy atom. The number of Topliss-reactive ketones (excluding diaryl/α,β-unsaturated/α-hetero) is 1. The number of carbonyl (C=O) groups is 1. The molecule has 1 aromatic rings. The molecule has 5 nitrogen and oxygen atoms in total. The fourth-order valence-corrected chi connectivity index (χ4v) is 3.31. The Kier molecular flexibility index (Phi) is 8.78. The third kappa shape index (κ3) is 8.31. The standard InChI is InChI=1S/C10H12O.C7H11NO3S2/c1-8-5-3-4-6-10(8)7-9(2)11;1-2-6-13(9,10)11-8-7-4-3-5-12-7/h3-6H,7H2,1-2H3;3-4H,2,5-6H2,1H3. The first-order valence-corrected chi connectivity index (χ1v) is 10.2. The largest absolute Gasteiger partial charge is 0.328 e. The minimum atomic E-state index is -3.45. The van der Waals surface area contributed by atoms with E-state index in [1.165, 1.54) is 17.3 Å². The normalized spacial score (nSPS) is 15.0. The van der Waals surface area contributed by atoms with Gasteiger partial charge in [-0.3, -0.25) is 9.08 Å². The lowest BCUT2D eigenvalue weighted by Gasteiger charge is -2.00. The molecule has 24 heavy (non-hydrogen) atoms. The van der Waals surface area contributed by atoms with Gasteiger partial charge in [-0.1, -0.05) is 54.2 Å².